The van der Waals surface area contributed by atoms with Crippen molar-refractivity contribution in [3.8, 4) is 0 Å². The fourth-order valence-electron chi connectivity index (χ4n) is 2.02. The van der Waals surface area contributed by atoms with Gasteiger partial charge >= 0.3 is 0 Å². The number of hydrogen-bond donors (Lipinski definition) is 5. The fraction of sp³-hybridized carbons (Fsp3) is 0.765. The minimum Gasteiger partial charge on any atom is -0.379 e. The molecule has 0 aromatic carbocycles. The molecule has 6 N–H and O–H groups in total. The quantitative estimate of drug-likeness (QED) is 0.0764. The molecule has 162 valence electrons. The molecule has 0 radical (unpaired) electrons. The minimum absolute atomic E-state index is 0.0777. The Morgan fingerprint density at radius 1 is 0.893 bits per heavy atom. The van der Waals surface area contributed by atoms with E-state index in [2.05, 4.69) is 21.4 Å². The van der Waals surface area contributed by atoms with E-state index in [1.165, 1.54) is 0 Å². The Hall–Kier alpha value is -1.92. The van der Waals surface area contributed by atoms with Gasteiger partial charge in [0.25, 0.3) is 0 Å². The first-order chi connectivity index (χ1) is 13.3. The highest BCUT2D eigenvalue weighted by atomic mass is 16.5. The molecular weight excluding hydrogens is 370 g/mol. The third-order valence-corrected chi connectivity index (χ3v) is 3.58. The van der Waals surface area contributed by atoms with Gasteiger partial charge in [0.2, 0.25) is 23.4 Å². The van der Waals surface area contributed by atoms with Gasteiger partial charge in [0.15, 0.2) is 0 Å². The van der Waals surface area contributed by atoms with Crippen LogP contribution in [0.15, 0.2) is 0 Å². The van der Waals surface area contributed by atoms with Crippen LogP contribution >= 0.6 is 0 Å². The van der Waals surface area contributed by atoms with Crippen molar-refractivity contribution >= 4 is 23.4 Å². The maximum absolute atomic E-state index is 11.8. The minimum atomic E-state index is -0.761. The molecule has 0 aliphatic heterocycles. The molecule has 0 spiro atoms. The Balaban J connectivity index is 3.85. The number of amides is 2. The average molecular weight is 403 g/mol. The number of carbonyl (C=O) groups is 4. The van der Waals surface area contributed by atoms with Gasteiger partial charge in [0.05, 0.1) is 39.5 Å². The summed E-state index contributed by atoms with van der Waals surface area (Å²) in [5.74, 6) is 2.93. The number of Topliss-reactive ketones (excluding diaryl/α,β-unsaturated/α-hetero) is 2. The molecule has 0 fully saturated rings. The Labute approximate surface area is 165 Å². The molecular formula is C17H33N5O6. The van der Waals surface area contributed by atoms with Crippen LogP contribution in [0, 0.1) is 5.92 Å². The standard InChI is InChI=1S/C17H33N5O6/c1-4-27-7-8-28-6-5-20-15(25)11-19-9-13(23)14(24)10-21-17(26)16(22-18)12(2)3/h12,16,19,22H,4-11,18H2,1-3H3,(H,20,25)(H,21,26)/t16-/m0/s1. The summed E-state index contributed by atoms with van der Waals surface area (Å²) < 4.78 is 10.3. The number of ketones is 2. The molecule has 2 amide bonds. The SMILES string of the molecule is CCOCCOCCNC(=O)CNCC(=O)C(=O)CNC(=O)[C@@H](NN)C(C)C. The van der Waals surface area contributed by atoms with E-state index in [9.17, 15) is 19.2 Å². The van der Waals surface area contributed by atoms with Crippen LogP contribution in [0.2, 0.25) is 0 Å². The average Bonchev–Trinajstić information content (AvgIpc) is 2.65. The summed E-state index contributed by atoms with van der Waals surface area (Å²) >= 11 is 0. The predicted molar refractivity (Wildman–Crippen MR) is 102 cm³/mol. The molecule has 1 atom stereocenters. The number of hydrazine groups is 1. The smallest absolute Gasteiger partial charge is 0.239 e. The maximum Gasteiger partial charge on any atom is 0.239 e. The van der Waals surface area contributed by atoms with Gasteiger partial charge in [-0.3, -0.25) is 25.0 Å². The lowest BCUT2D eigenvalue weighted by molar-refractivity contribution is -0.136. The third-order valence-electron chi connectivity index (χ3n) is 3.58. The summed E-state index contributed by atoms with van der Waals surface area (Å²) in [5, 5.41) is 7.56. The second-order valence-electron chi connectivity index (χ2n) is 6.22. The highest BCUT2D eigenvalue weighted by Crippen LogP contribution is 1.99. The Bertz CT molecular complexity index is 500. The summed E-state index contributed by atoms with van der Waals surface area (Å²) in [6, 6.07) is -0.659. The molecule has 28 heavy (non-hydrogen) atoms. The van der Waals surface area contributed by atoms with Crippen LogP contribution in [0.4, 0.5) is 0 Å². The zero-order valence-electron chi connectivity index (χ0n) is 16.8. The van der Waals surface area contributed by atoms with Crippen LogP contribution < -0.4 is 27.2 Å². The van der Waals surface area contributed by atoms with Crippen molar-refractivity contribution in [2.24, 2.45) is 11.8 Å². The van der Waals surface area contributed by atoms with Crippen LogP contribution in [0.1, 0.15) is 20.8 Å². The molecule has 0 aromatic heterocycles. The summed E-state index contributed by atoms with van der Waals surface area (Å²) in [7, 11) is 0. The molecule has 0 aliphatic rings. The predicted octanol–water partition coefficient (Wildman–Crippen LogP) is -2.51. The number of hydrogen-bond acceptors (Lipinski definition) is 9. The third kappa shape index (κ3) is 12.5. The molecule has 0 saturated heterocycles. The van der Waals surface area contributed by atoms with Crippen LogP contribution in [0.25, 0.3) is 0 Å². The van der Waals surface area contributed by atoms with E-state index in [0.717, 1.165) is 0 Å². The van der Waals surface area contributed by atoms with Gasteiger partial charge in [0, 0.05) is 13.2 Å². The van der Waals surface area contributed by atoms with Gasteiger partial charge in [-0.05, 0) is 12.8 Å². The van der Waals surface area contributed by atoms with Gasteiger partial charge in [0.1, 0.15) is 6.04 Å². The van der Waals surface area contributed by atoms with Crippen molar-refractivity contribution in [1.82, 2.24) is 21.4 Å². The first kappa shape index (κ1) is 26.1. The highest BCUT2D eigenvalue weighted by Gasteiger charge is 2.22. The molecule has 0 heterocycles. The lowest BCUT2D eigenvalue weighted by Gasteiger charge is -2.18. The number of carbonyl (C=O) groups excluding carboxylic acids is 4. The van der Waals surface area contributed by atoms with E-state index in [0.29, 0.717) is 33.0 Å². The second kappa shape index (κ2) is 16.1. The van der Waals surface area contributed by atoms with E-state index >= 15 is 0 Å². The zero-order valence-corrected chi connectivity index (χ0v) is 16.8. The lowest BCUT2D eigenvalue weighted by atomic mass is 10.0. The van der Waals surface area contributed by atoms with Gasteiger partial charge in [-0.25, -0.2) is 5.43 Å². The van der Waals surface area contributed by atoms with E-state index in [1.807, 2.05) is 6.92 Å². The Morgan fingerprint density at radius 3 is 2.14 bits per heavy atom. The van der Waals surface area contributed by atoms with Crippen LogP contribution in [-0.2, 0) is 28.7 Å². The molecule has 11 nitrogen and oxygen atoms in total. The Morgan fingerprint density at radius 2 is 1.54 bits per heavy atom. The number of rotatable bonds is 17. The second-order valence-corrected chi connectivity index (χ2v) is 6.22. The van der Waals surface area contributed by atoms with Crippen molar-refractivity contribution < 1.29 is 28.7 Å². The summed E-state index contributed by atoms with van der Waals surface area (Å²) in [5.41, 5.74) is 2.35. The molecule has 0 saturated carbocycles. The van der Waals surface area contributed by atoms with Crippen molar-refractivity contribution in [2.45, 2.75) is 26.8 Å². The zero-order chi connectivity index (χ0) is 21.4. The van der Waals surface area contributed by atoms with Gasteiger partial charge < -0.3 is 25.4 Å². The van der Waals surface area contributed by atoms with E-state index in [4.69, 9.17) is 15.3 Å². The van der Waals surface area contributed by atoms with E-state index in [-0.39, 0.29) is 24.9 Å². The fourth-order valence-corrected chi connectivity index (χ4v) is 2.02. The lowest BCUT2D eigenvalue weighted by Crippen LogP contribution is -2.51. The summed E-state index contributed by atoms with van der Waals surface area (Å²) in [4.78, 5) is 46.9. The van der Waals surface area contributed by atoms with Crippen LogP contribution in [0.3, 0.4) is 0 Å². The van der Waals surface area contributed by atoms with Crippen molar-refractivity contribution in [3.63, 3.8) is 0 Å². The van der Waals surface area contributed by atoms with Gasteiger partial charge in [-0.2, -0.15) is 0 Å². The molecule has 0 bridgehead atoms. The monoisotopic (exact) mass is 403 g/mol. The van der Waals surface area contributed by atoms with Crippen molar-refractivity contribution in [1.29, 1.82) is 0 Å². The van der Waals surface area contributed by atoms with Crippen LogP contribution in [-0.4, -0.2) is 82.0 Å². The maximum atomic E-state index is 11.8. The molecule has 0 rings (SSSR count). The number of nitrogens with two attached hydrogens (primary N) is 1. The Kier molecular flexibility index (Phi) is 15.0. The number of ether oxygens (including phenoxy) is 2. The largest absolute Gasteiger partial charge is 0.379 e. The van der Waals surface area contributed by atoms with Crippen molar-refractivity contribution in [2.75, 3.05) is 52.6 Å². The molecule has 0 aliphatic carbocycles. The molecule has 11 heteroatoms. The van der Waals surface area contributed by atoms with E-state index < -0.39 is 30.1 Å². The highest BCUT2D eigenvalue weighted by molar-refractivity contribution is 6.39. The summed E-state index contributed by atoms with van der Waals surface area (Å²) in [6.07, 6.45) is 0. The normalized spacial score (nSPS) is 11.9. The summed E-state index contributed by atoms with van der Waals surface area (Å²) in [6.45, 7) is 6.91. The van der Waals surface area contributed by atoms with Crippen molar-refractivity contribution in [3.05, 3.63) is 0 Å². The van der Waals surface area contributed by atoms with Gasteiger partial charge in [-0.1, -0.05) is 13.8 Å². The number of nitrogens with one attached hydrogen (secondary N) is 4. The first-order valence-corrected chi connectivity index (χ1v) is 9.26. The molecule has 0 unspecified atom stereocenters. The topological polar surface area (TPSA) is 161 Å². The van der Waals surface area contributed by atoms with Crippen LogP contribution in [0.5, 0.6) is 0 Å². The molecule has 0 aromatic rings. The first-order valence-electron chi connectivity index (χ1n) is 9.26. The van der Waals surface area contributed by atoms with E-state index in [1.54, 1.807) is 13.8 Å². The van der Waals surface area contributed by atoms with Gasteiger partial charge in [-0.15, -0.1) is 0 Å².